The molecule has 0 radical (unpaired) electrons. The van der Waals surface area contributed by atoms with E-state index in [4.69, 9.17) is 0 Å². The Morgan fingerprint density at radius 2 is 2.05 bits per heavy atom. The highest BCUT2D eigenvalue weighted by atomic mass is 32.2. The Labute approximate surface area is 125 Å². The number of hydrogen-bond acceptors (Lipinski definition) is 3. The van der Waals surface area contributed by atoms with E-state index in [9.17, 15) is 17.9 Å². The van der Waals surface area contributed by atoms with Gasteiger partial charge >= 0.3 is 0 Å². The van der Waals surface area contributed by atoms with Crippen LogP contribution in [0.3, 0.4) is 0 Å². The van der Waals surface area contributed by atoms with Gasteiger partial charge in [0.1, 0.15) is 5.82 Å². The topological polar surface area (TPSA) is 57.6 Å². The van der Waals surface area contributed by atoms with E-state index >= 15 is 0 Å². The van der Waals surface area contributed by atoms with Gasteiger partial charge in [0.2, 0.25) is 10.0 Å². The van der Waals surface area contributed by atoms with Crippen LogP contribution in [0.2, 0.25) is 0 Å². The number of sulfonamides is 1. The molecule has 4 nitrogen and oxygen atoms in total. The third kappa shape index (κ3) is 5.05. The van der Waals surface area contributed by atoms with Gasteiger partial charge < -0.3 is 5.11 Å². The van der Waals surface area contributed by atoms with Gasteiger partial charge in [-0.1, -0.05) is 12.1 Å². The minimum atomic E-state index is -3.15. The summed E-state index contributed by atoms with van der Waals surface area (Å²) in [7, 11) is -3.15. The van der Waals surface area contributed by atoms with E-state index in [0.29, 0.717) is 25.9 Å². The molecule has 0 aromatic heterocycles. The standard InChI is InChI=1S/C15H22FNO3S/c1-21(19,20)17-8-2-3-13(11-17)10-15(18)9-12-4-6-14(16)7-5-12/h4-7,13,15,18H,2-3,8-11H2,1H3. The normalized spacial score (nSPS) is 22.1. The minimum Gasteiger partial charge on any atom is -0.393 e. The smallest absolute Gasteiger partial charge is 0.211 e. The van der Waals surface area contributed by atoms with Gasteiger partial charge in [-0.05, 0) is 49.3 Å². The van der Waals surface area contributed by atoms with E-state index in [2.05, 4.69) is 0 Å². The van der Waals surface area contributed by atoms with E-state index in [1.165, 1.54) is 22.7 Å². The van der Waals surface area contributed by atoms with E-state index in [1.807, 2.05) is 0 Å². The number of aliphatic hydroxyl groups excluding tert-OH is 1. The highest BCUT2D eigenvalue weighted by Gasteiger charge is 2.27. The van der Waals surface area contributed by atoms with Crippen LogP contribution in [0, 0.1) is 11.7 Å². The number of rotatable bonds is 5. The molecule has 2 atom stereocenters. The summed E-state index contributed by atoms with van der Waals surface area (Å²) in [4.78, 5) is 0. The van der Waals surface area contributed by atoms with Crippen LogP contribution < -0.4 is 0 Å². The van der Waals surface area contributed by atoms with Crippen molar-refractivity contribution in [2.45, 2.75) is 31.8 Å². The second-order valence-corrected chi connectivity index (χ2v) is 7.83. The summed E-state index contributed by atoms with van der Waals surface area (Å²) in [5.41, 5.74) is 0.889. The number of hydrogen-bond donors (Lipinski definition) is 1. The maximum atomic E-state index is 12.8. The Morgan fingerprint density at radius 3 is 2.67 bits per heavy atom. The Hall–Kier alpha value is -0.980. The SMILES string of the molecule is CS(=O)(=O)N1CCCC(CC(O)Cc2ccc(F)cc2)C1. The highest BCUT2D eigenvalue weighted by Crippen LogP contribution is 2.23. The molecule has 6 heteroatoms. The monoisotopic (exact) mass is 315 g/mol. The van der Waals surface area contributed by atoms with Crippen LogP contribution in [0.1, 0.15) is 24.8 Å². The average molecular weight is 315 g/mol. The van der Waals surface area contributed by atoms with Gasteiger partial charge in [-0.2, -0.15) is 0 Å². The molecule has 0 amide bonds. The lowest BCUT2D eigenvalue weighted by molar-refractivity contribution is 0.122. The lowest BCUT2D eigenvalue weighted by Gasteiger charge is -2.32. The highest BCUT2D eigenvalue weighted by molar-refractivity contribution is 7.88. The van der Waals surface area contributed by atoms with Crippen molar-refractivity contribution in [3.05, 3.63) is 35.6 Å². The fourth-order valence-electron chi connectivity index (χ4n) is 2.88. The first-order valence-electron chi connectivity index (χ1n) is 7.22. The van der Waals surface area contributed by atoms with Crippen LogP contribution in [0.15, 0.2) is 24.3 Å². The van der Waals surface area contributed by atoms with Gasteiger partial charge in [0.15, 0.2) is 0 Å². The summed E-state index contributed by atoms with van der Waals surface area (Å²) >= 11 is 0. The number of benzene rings is 1. The lowest BCUT2D eigenvalue weighted by Crippen LogP contribution is -2.40. The molecule has 118 valence electrons. The Morgan fingerprint density at radius 1 is 1.38 bits per heavy atom. The summed E-state index contributed by atoms with van der Waals surface area (Å²) in [6.45, 7) is 1.06. The van der Waals surface area contributed by atoms with Gasteiger partial charge in [-0.25, -0.2) is 17.1 Å². The third-order valence-corrected chi connectivity index (χ3v) is 5.21. The van der Waals surface area contributed by atoms with Crippen molar-refractivity contribution in [1.29, 1.82) is 0 Å². The van der Waals surface area contributed by atoms with E-state index in [1.54, 1.807) is 12.1 Å². The molecule has 1 aromatic carbocycles. The number of aliphatic hydroxyl groups is 1. The molecule has 1 N–H and O–H groups in total. The molecule has 0 spiro atoms. The fraction of sp³-hybridized carbons (Fsp3) is 0.600. The van der Waals surface area contributed by atoms with Crippen molar-refractivity contribution in [3.63, 3.8) is 0 Å². The maximum absolute atomic E-state index is 12.8. The molecule has 2 unspecified atom stereocenters. The van der Waals surface area contributed by atoms with Gasteiger partial charge in [0.05, 0.1) is 12.4 Å². The Bertz CT molecular complexity index is 559. The molecule has 1 aromatic rings. The average Bonchev–Trinajstić information content (AvgIpc) is 2.41. The first-order chi connectivity index (χ1) is 9.84. The van der Waals surface area contributed by atoms with Crippen LogP contribution in [-0.2, 0) is 16.4 Å². The van der Waals surface area contributed by atoms with Crippen LogP contribution in [0.5, 0.6) is 0 Å². The molecular formula is C15H22FNO3S. The zero-order valence-corrected chi connectivity index (χ0v) is 13.0. The van der Waals surface area contributed by atoms with Gasteiger partial charge in [0, 0.05) is 13.1 Å². The van der Waals surface area contributed by atoms with E-state index in [-0.39, 0.29) is 11.7 Å². The number of halogens is 1. The summed E-state index contributed by atoms with van der Waals surface area (Å²) < 4.78 is 37.5. The maximum Gasteiger partial charge on any atom is 0.211 e. The van der Waals surface area contributed by atoms with E-state index in [0.717, 1.165) is 18.4 Å². The predicted octanol–water partition coefficient (Wildman–Crippen LogP) is 1.79. The molecule has 0 saturated carbocycles. The molecule has 1 heterocycles. The second-order valence-electron chi connectivity index (χ2n) is 5.85. The number of nitrogens with zero attached hydrogens (tertiary/aromatic N) is 1. The Kier molecular flexibility index (Phi) is 5.35. The Balaban J connectivity index is 1.87. The zero-order valence-electron chi connectivity index (χ0n) is 12.2. The minimum absolute atomic E-state index is 0.184. The van der Waals surface area contributed by atoms with Crippen LogP contribution in [-0.4, -0.2) is 43.3 Å². The van der Waals surface area contributed by atoms with Gasteiger partial charge in [-0.15, -0.1) is 0 Å². The van der Waals surface area contributed by atoms with Crippen LogP contribution >= 0.6 is 0 Å². The molecule has 1 aliphatic rings. The molecule has 1 fully saturated rings. The van der Waals surface area contributed by atoms with Crippen molar-refractivity contribution in [2.75, 3.05) is 19.3 Å². The summed E-state index contributed by atoms with van der Waals surface area (Å²) in [6.07, 6.45) is 3.51. The molecule has 2 rings (SSSR count). The van der Waals surface area contributed by atoms with Gasteiger partial charge in [0.25, 0.3) is 0 Å². The second kappa shape index (κ2) is 6.85. The molecule has 1 aliphatic heterocycles. The number of piperidine rings is 1. The molecule has 1 saturated heterocycles. The van der Waals surface area contributed by atoms with Gasteiger partial charge in [-0.3, -0.25) is 0 Å². The first-order valence-corrected chi connectivity index (χ1v) is 9.07. The van der Waals surface area contributed by atoms with Crippen molar-refractivity contribution in [2.24, 2.45) is 5.92 Å². The third-order valence-electron chi connectivity index (χ3n) is 3.94. The zero-order chi connectivity index (χ0) is 15.5. The first kappa shape index (κ1) is 16.4. The molecular weight excluding hydrogens is 293 g/mol. The van der Waals surface area contributed by atoms with Crippen LogP contribution in [0.4, 0.5) is 4.39 Å². The fourth-order valence-corrected chi connectivity index (χ4v) is 3.82. The summed E-state index contributed by atoms with van der Waals surface area (Å²) in [5, 5.41) is 10.2. The summed E-state index contributed by atoms with van der Waals surface area (Å²) in [5.74, 6) is -0.103. The molecule has 0 bridgehead atoms. The summed E-state index contributed by atoms with van der Waals surface area (Å²) in [6, 6.07) is 6.10. The van der Waals surface area contributed by atoms with Crippen LogP contribution in [0.25, 0.3) is 0 Å². The van der Waals surface area contributed by atoms with Crippen molar-refractivity contribution < 1.29 is 17.9 Å². The lowest BCUT2D eigenvalue weighted by atomic mass is 9.91. The van der Waals surface area contributed by atoms with Crippen molar-refractivity contribution >= 4 is 10.0 Å². The quantitative estimate of drug-likeness (QED) is 0.901. The largest absolute Gasteiger partial charge is 0.393 e. The van der Waals surface area contributed by atoms with E-state index < -0.39 is 16.1 Å². The predicted molar refractivity (Wildman–Crippen MR) is 79.9 cm³/mol. The molecule has 21 heavy (non-hydrogen) atoms. The molecule has 0 aliphatic carbocycles. The van der Waals surface area contributed by atoms with Crippen molar-refractivity contribution in [3.8, 4) is 0 Å². The van der Waals surface area contributed by atoms with Crippen molar-refractivity contribution in [1.82, 2.24) is 4.31 Å².